The number of anilines is 2. The molecule has 0 spiro atoms. The predicted molar refractivity (Wildman–Crippen MR) is 142 cm³/mol. The Balaban J connectivity index is 1.57. The number of hydrogen-bond donors (Lipinski definition) is 1. The molecule has 0 saturated heterocycles. The van der Waals surface area contributed by atoms with Crippen LogP contribution < -0.4 is 5.32 Å². The number of pyridine rings is 2. The summed E-state index contributed by atoms with van der Waals surface area (Å²) < 4.78 is 27.4. The van der Waals surface area contributed by atoms with Crippen molar-refractivity contribution in [1.29, 1.82) is 0 Å². The molecule has 0 radical (unpaired) electrons. The Labute approximate surface area is 211 Å². The Bertz CT molecular complexity index is 1620. The molecule has 3 aromatic heterocycles. The number of rotatable bonds is 6. The van der Waals surface area contributed by atoms with Crippen LogP contribution in [0.4, 0.5) is 17.1 Å². The molecule has 0 saturated carbocycles. The summed E-state index contributed by atoms with van der Waals surface area (Å²) in [4.78, 5) is 14.3. The van der Waals surface area contributed by atoms with Gasteiger partial charge in [-0.2, -0.15) is 5.10 Å². The molecule has 5 rings (SSSR count). The molecule has 1 aliphatic rings. The number of fused-ring (bicyclic) bond motifs is 1. The van der Waals surface area contributed by atoms with E-state index >= 15 is 0 Å². The summed E-state index contributed by atoms with van der Waals surface area (Å²) in [5.74, 6) is 0. The molecule has 0 unspecified atom stereocenters. The minimum atomic E-state index is -3.53. The summed E-state index contributed by atoms with van der Waals surface area (Å²) in [6, 6.07) is 15.2. The lowest BCUT2D eigenvalue weighted by Gasteiger charge is -2.15. The van der Waals surface area contributed by atoms with E-state index in [1.54, 1.807) is 16.8 Å². The fraction of sp³-hybridized carbons (Fsp3) is 0.259. The van der Waals surface area contributed by atoms with Crippen LogP contribution in [0.25, 0.3) is 11.3 Å². The van der Waals surface area contributed by atoms with E-state index in [9.17, 15) is 8.42 Å². The monoisotopic (exact) mass is 500 g/mol. The zero-order chi connectivity index (χ0) is 25.6. The number of hydrogen-bond acceptors (Lipinski definition) is 7. The minimum absolute atomic E-state index is 0.203. The van der Waals surface area contributed by atoms with E-state index in [1.807, 2.05) is 64.2 Å². The largest absolute Gasteiger partial charge is 0.353 e. The molecule has 1 aromatic carbocycles. The quantitative estimate of drug-likeness (QED) is 0.405. The van der Waals surface area contributed by atoms with Gasteiger partial charge in [-0.15, -0.1) is 0 Å². The zero-order valence-electron chi connectivity index (χ0n) is 21.0. The molecule has 1 aliphatic heterocycles. The van der Waals surface area contributed by atoms with Crippen LogP contribution in [0.5, 0.6) is 0 Å². The van der Waals surface area contributed by atoms with Gasteiger partial charge in [0.15, 0.2) is 9.84 Å². The van der Waals surface area contributed by atoms with Gasteiger partial charge in [0.2, 0.25) is 0 Å². The highest BCUT2D eigenvalue weighted by molar-refractivity contribution is 7.90. The number of aromatic nitrogens is 4. The molecule has 0 amide bonds. The van der Waals surface area contributed by atoms with Crippen molar-refractivity contribution in [2.75, 3.05) is 11.6 Å². The van der Waals surface area contributed by atoms with Crippen LogP contribution in [0.3, 0.4) is 0 Å². The summed E-state index contributed by atoms with van der Waals surface area (Å²) in [5, 5.41) is 7.86. The molecule has 0 atom stereocenters. The first-order valence-corrected chi connectivity index (χ1v) is 13.6. The van der Waals surface area contributed by atoms with Crippen molar-refractivity contribution in [1.82, 2.24) is 19.7 Å². The number of benzene rings is 1. The van der Waals surface area contributed by atoms with Gasteiger partial charge in [-0.05, 0) is 57.2 Å². The topological polar surface area (TPSA) is 102 Å². The SMILES string of the molecule is CC1=Nc2c(Nc3ccc(-c4cc(C)n(C)n4)cc3S(C)(=O)=O)cc(Cc3cccc(C)n3)nc2C1. The molecule has 0 bridgehead atoms. The van der Waals surface area contributed by atoms with E-state index < -0.39 is 9.84 Å². The molecular weight excluding hydrogens is 472 g/mol. The smallest absolute Gasteiger partial charge is 0.177 e. The molecule has 184 valence electrons. The van der Waals surface area contributed by atoms with E-state index in [2.05, 4.69) is 15.4 Å². The number of aliphatic imine (C=N–C) groups is 1. The summed E-state index contributed by atoms with van der Waals surface area (Å²) in [5.41, 5.74) is 8.99. The minimum Gasteiger partial charge on any atom is -0.353 e. The van der Waals surface area contributed by atoms with Gasteiger partial charge in [0.25, 0.3) is 0 Å². The highest BCUT2D eigenvalue weighted by atomic mass is 32.2. The van der Waals surface area contributed by atoms with Gasteiger partial charge in [-0.25, -0.2) is 8.42 Å². The first kappa shape index (κ1) is 23.9. The van der Waals surface area contributed by atoms with Gasteiger partial charge in [0.1, 0.15) is 5.69 Å². The fourth-order valence-corrected chi connectivity index (χ4v) is 5.24. The first-order chi connectivity index (χ1) is 17.1. The molecule has 4 aromatic rings. The molecular formula is C27H28N6O2S. The lowest BCUT2D eigenvalue weighted by Crippen LogP contribution is -2.05. The maximum atomic E-state index is 12.8. The van der Waals surface area contributed by atoms with E-state index in [1.165, 1.54) is 6.26 Å². The van der Waals surface area contributed by atoms with Crippen LogP contribution in [0.1, 0.15) is 35.4 Å². The van der Waals surface area contributed by atoms with Crippen molar-refractivity contribution in [3.8, 4) is 11.3 Å². The van der Waals surface area contributed by atoms with Crippen LogP contribution >= 0.6 is 0 Å². The lowest BCUT2D eigenvalue weighted by molar-refractivity contribution is 0.602. The highest BCUT2D eigenvalue weighted by Gasteiger charge is 2.22. The van der Waals surface area contributed by atoms with Crippen LogP contribution in [-0.2, 0) is 29.7 Å². The number of aryl methyl sites for hydroxylation is 3. The second-order valence-corrected chi connectivity index (χ2v) is 11.3. The number of nitrogens with one attached hydrogen (secondary N) is 1. The highest BCUT2D eigenvalue weighted by Crippen LogP contribution is 2.38. The van der Waals surface area contributed by atoms with Crippen molar-refractivity contribution < 1.29 is 8.42 Å². The second kappa shape index (κ2) is 8.98. The molecule has 0 aliphatic carbocycles. The standard InChI is InChI=1S/C27H28N6O2S/c1-16-7-6-8-20(28-16)14-21-15-25(27-24(30-21)11-17(2)29-27)31-22-10-9-19(13-26(22)36(5,34)35)23-12-18(3)33(4)32-23/h6-10,12-13,15H,11,14H2,1-5H3,(H,30,31). The Morgan fingerprint density at radius 3 is 2.47 bits per heavy atom. The third-order valence-corrected chi connectivity index (χ3v) is 7.35. The van der Waals surface area contributed by atoms with Crippen molar-refractivity contribution in [3.05, 3.63) is 77.0 Å². The van der Waals surface area contributed by atoms with Crippen molar-refractivity contribution >= 4 is 32.6 Å². The van der Waals surface area contributed by atoms with Crippen molar-refractivity contribution in [3.63, 3.8) is 0 Å². The lowest BCUT2D eigenvalue weighted by atomic mass is 10.1. The van der Waals surface area contributed by atoms with Crippen LogP contribution in [0, 0.1) is 13.8 Å². The Hall–Kier alpha value is -3.85. The predicted octanol–water partition coefficient (Wildman–Crippen LogP) is 4.88. The maximum absolute atomic E-state index is 12.8. The summed E-state index contributed by atoms with van der Waals surface area (Å²) in [6.07, 6.45) is 2.45. The van der Waals surface area contributed by atoms with Gasteiger partial charge in [-0.3, -0.25) is 19.6 Å². The van der Waals surface area contributed by atoms with E-state index in [4.69, 9.17) is 9.98 Å². The average Bonchev–Trinajstić information content (AvgIpc) is 3.34. The third-order valence-electron chi connectivity index (χ3n) is 6.21. The van der Waals surface area contributed by atoms with E-state index in [-0.39, 0.29) is 4.90 Å². The molecule has 36 heavy (non-hydrogen) atoms. The van der Waals surface area contributed by atoms with Crippen LogP contribution in [-0.4, -0.2) is 40.1 Å². The van der Waals surface area contributed by atoms with E-state index in [0.29, 0.717) is 18.5 Å². The fourth-order valence-electron chi connectivity index (χ4n) is 4.38. The van der Waals surface area contributed by atoms with Crippen molar-refractivity contribution in [2.24, 2.45) is 12.0 Å². The summed E-state index contributed by atoms with van der Waals surface area (Å²) in [7, 11) is -1.67. The first-order valence-electron chi connectivity index (χ1n) is 11.7. The van der Waals surface area contributed by atoms with Crippen molar-refractivity contribution in [2.45, 2.75) is 38.5 Å². The Kier molecular flexibility index (Phi) is 5.96. The third kappa shape index (κ3) is 4.79. The molecule has 8 nitrogen and oxygen atoms in total. The molecule has 0 fully saturated rings. The summed E-state index contributed by atoms with van der Waals surface area (Å²) >= 11 is 0. The average molecular weight is 501 g/mol. The zero-order valence-corrected chi connectivity index (χ0v) is 21.8. The summed E-state index contributed by atoms with van der Waals surface area (Å²) in [6.45, 7) is 5.89. The second-order valence-electron chi connectivity index (χ2n) is 9.33. The van der Waals surface area contributed by atoms with Gasteiger partial charge in [0, 0.05) is 60.2 Å². The molecule has 1 N–H and O–H groups in total. The molecule has 4 heterocycles. The number of sulfone groups is 1. The maximum Gasteiger partial charge on any atom is 0.177 e. The Morgan fingerprint density at radius 1 is 0.972 bits per heavy atom. The van der Waals surface area contributed by atoms with Gasteiger partial charge >= 0.3 is 0 Å². The van der Waals surface area contributed by atoms with Crippen LogP contribution in [0.2, 0.25) is 0 Å². The van der Waals surface area contributed by atoms with Gasteiger partial charge < -0.3 is 5.32 Å². The molecule has 9 heteroatoms. The van der Waals surface area contributed by atoms with Gasteiger partial charge in [0.05, 0.1) is 27.7 Å². The van der Waals surface area contributed by atoms with E-state index in [0.717, 1.165) is 56.8 Å². The van der Waals surface area contributed by atoms with Crippen LogP contribution in [0.15, 0.2) is 58.4 Å². The normalized spacial score (nSPS) is 13.0. The number of nitrogens with zero attached hydrogens (tertiary/aromatic N) is 5. The Morgan fingerprint density at radius 2 is 1.78 bits per heavy atom. The van der Waals surface area contributed by atoms with Gasteiger partial charge in [-0.1, -0.05) is 12.1 Å².